The molecule has 16 heavy (non-hydrogen) atoms. The molecule has 4 atom stereocenters. The standard InChI is InChI=1S/C12H20BrNO2/c1-2-11-8(6-7-16-11)12(15)14-10-5-3-4-9(10)13/h8-11H,2-7H2,1H3,(H,14,15). The molecule has 2 aliphatic rings. The van der Waals surface area contributed by atoms with Gasteiger partial charge in [-0.1, -0.05) is 29.3 Å². The van der Waals surface area contributed by atoms with Crippen LogP contribution in [0.15, 0.2) is 0 Å². The highest BCUT2D eigenvalue weighted by Gasteiger charge is 2.35. The van der Waals surface area contributed by atoms with E-state index in [1.165, 1.54) is 12.8 Å². The van der Waals surface area contributed by atoms with Gasteiger partial charge in [0.1, 0.15) is 0 Å². The molecular weight excluding hydrogens is 270 g/mol. The zero-order valence-corrected chi connectivity index (χ0v) is 11.3. The Bertz CT molecular complexity index is 259. The molecule has 0 aromatic carbocycles. The highest BCUT2D eigenvalue weighted by molar-refractivity contribution is 9.09. The first-order valence-electron chi connectivity index (χ1n) is 6.28. The average molecular weight is 290 g/mol. The largest absolute Gasteiger partial charge is 0.377 e. The van der Waals surface area contributed by atoms with Crippen LogP contribution in [0.5, 0.6) is 0 Å². The van der Waals surface area contributed by atoms with Crippen molar-refractivity contribution in [2.45, 2.75) is 56.0 Å². The van der Waals surface area contributed by atoms with Crippen molar-refractivity contribution in [1.29, 1.82) is 0 Å². The molecule has 2 rings (SSSR count). The predicted molar refractivity (Wildman–Crippen MR) is 66.6 cm³/mol. The van der Waals surface area contributed by atoms with Crippen molar-refractivity contribution in [2.24, 2.45) is 5.92 Å². The Kier molecular flexibility index (Phi) is 4.25. The molecule has 4 heteroatoms. The van der Waals surface area contributed by atoms with Crippen molar-refractivity contribution in [3.63, 3.8) is 0 Å². The summed E-state index contributed by atoms with van der Waals surface area (Å²) in [6.07, 6.45) is 5.43. The van der Waals surface area contributed by atoms with E-state index in [9.17, 15) is 4.79 Å². The molecule has 92 valence electrons. The first-order valence-corrected chi connectivity index (χ1v) is 7.20. The molecule has 1 saturated carbocycles. The van der Waals surface area contributed by atoms with Crippen LogP contribution in [0.2, 0.25) is 0 Å². The lowest BCUT2D eigenvalue weighted by atomic mass is 9.98. The van der Waals surface area contributed by atoms with Gasteiger partial charge in [0.15, 0.2) is 0 Å². The molecule has 0 bridgehead atoms. The van der Waals surface area contributed by atoms with Gasteiger partial charge in [-0.3, -0.25) is 4.79 Å². The van der Waals surface area contributed by atoms with E-state index < -0.39 is 0 Å². The van der Waals surface area contributed by atoms with Gasteiger partial charge < -0.3 is 10.1 Å². The first kappa shape index (κ1) is 12.4. The quantitative estimate of drug-likeness (QED) is 0.810. The molecule has 1 aliphatic carbocycles. The Labute approximate surface area is 105 Å². The van der Waals surface area contributed by atoms with E-state index in [0.29, 0.717) is 10.9 Å². The van der Waals surface area contributed by atoms with Gasteiger partial charge in [-0.15, -0.1) is 0 Å². The molecule has 4 unspecified atom stereocenters. The molecule has 0 aromatic heterocycles. The van der Waals surface area contributed by atoms with E-state index in [4.69, 9.17) is 4.74 Å². The predicted octanol–water partition coefficient (Wildman–Crippen LogP) is 2.23. The number of rotatable bonds is 3. The highest BCUT2D eigenvalue weighted by atomic mass is 79.9. The molecule has 1 heterocycles. The lowest BCUT2D eigenvalue weighted by molar-refractivity contribution is -0.127. The van der Waals surface area contributed by atoms with Crippen LogP contribution in [0.3, 0.4) is 0 Å². The number of hydrogen-bond donors (Lipinski definition) is 1. The van der Waals surface area contributed by atoms with Crippen LogP contribution in [0.25, 0.3) is 0 Å². The third-order valence-corrected chi connectivity index (χ3v) is 4.80. The number of amides is 1. The van der Waals surface area contributed by atoms with Crippen molar-refractivity contribution in [2.75, 3.05) is 6.61 Å². The lowest BCUT2D eigenvalue weighted by Gasteiger charge is -2.21. The average Bonchev–Trinajstić information content (AvgIpc) is 2.87. The Balaban J connectivity index is 1.87. The van der Waals surface area contributed by atoms with Crippen molar-refractivity contribution < 1.29 is 9.53 Å². The van der Waals surface area contributed by atoms with E-state index in [0.717, 1.165) is 25.9 Å². The van der Waals surface area contributed by atoms with Gasteiger partial charge >= 0.3 is 0 Å². The van der Waals surface area contributed by atoms with E-state index in [2.05, 4.69) is 28.2 Å². The number of hydrogen-bond acceptors (Lipinski definition) is 2. The molecular formula is C12H20BrNO2. The molecule has 1 saturated heterocycles. The fourth-order valence-corrected chi connectivity index (χ4v) is 3.44. The fourth-order valence-electron chi connectivity index (χ4n) is 2.72. The summed E-state index contributed by atoms with van der Waals surface area (Å²) < 4.78 is 5.55. The second kappa shape index (κ2) is 5.50. The van der Waals surface area contributed by atoms with Gasteiger partial charge in [0.2, 0.25) is 5.91 Å². The lowest BCUT2D eigenvalue weighted by Crippen LogP contribution is -2.43. The van der Waals surface area contributed by atoms with Crippen LogP contribution >= 0.6 is 15.9 Å². The summed E-state index contributed by atoms with van der Waals surface area (Å²) in [4.78, 5) is 12.6. The topological polar surface area (TPSA) is 38.3 Å². The Morgan fingerprint density at radius 3 is 2.88 bits per heavy atom. The molecule has 3 nitrogen and oxygen atoms in total. The van der Waals surface area contributed by atoms with E-state index >= 15 is 0 Å². The van der Waals surface area contributed by atoms with E-state index in [-0.39, 0.29) is 17.9 Å². The Morgan fingerprint density at radius 2 is 2.25 bits per heavy atom. The molecule has 0 spiro atoms. The molecule has 1 N–H and O–H groups in total. The van der Waals surface area contributed by atoms with Crippen molar-refractivity contribution in [3.05, 3.63) is 0 Å². The van der Waals surface area contributed by atoms with E-state index in [1.807, 2.05) is 0 Å². The minimum absolute atomic E-state index is 0.0744. The number of carbonyl (C=O) groups excluding carboxylic acids is 1. The Hall–Kier alpha value is -0.0900. The maximum atomic E-state index is 12.1. The number of ether oxygens (including phenoxy) is 1. The highest BCUT2D eigenvalue weighted by Crippen LogP contribution is 2.28. The summed E-state index contributed by atoms with van der Waals surface area (Å²) in [5, 5.41) is 3.17. The van der Waals surface area contributed by atoms with Gasteiger partial charge in [-0.2, -0.15) is 0 Å². The molecule has 0 aromatic rings. The Morgan fingerprint density at radius 1 is 1.44 bits per heavy atom. The van der Waals surface area contributed by atoms with Crippen LogP contribution in [-0.2, 0) is 9.53 Å². The summed E-state index contributed by atoms with van der Waals surface area (Å²) in [5.41, 5.74) is 0. The summed E-state index contributed by atoms with van der Waals surface area (Å²) >= 11 is 3.63. The first-order chi connectivity index (χ1) is 7.72. The number of nitrogens with one attached hydrogen (secondary N) is 1. The van der Waals surface area contributed by atoms with Crippen molar-refractivity contribution in [1.82, 2.24) is 5.32 Å². The van der Waals surface area contributed by atoms with Gasteiger partial charge in [0.25, 0.3) is 0 Å². The van der Waals surface area contributed by atoms with Crippen LogP contribution in [0.1, 0.15) is 39.0 Å². The van der Waals surface area contributed by atoms with E-state index in [1.54, 1.807) is 0 Å². The molecule has 0 radical (unpaired) electrons. The summed E-state index contributed by atoms with van der Waals surface area (Å²) in [6.45, 7) is 2.82. The number of carbonyl (C=O) groups is 1. The maximum absolute atomic E-state index is 12.1. The van der Waals surface area contributed by atoms with Crippen molar-refractivity contribution in [3.8, 4) is 0 Å². The second-order valence-electron chi connectivity index (χ2n) is 4.77. The summed E-state index contributed by atoms with van der Waals surface area (Å²) in [5.74, 6) is 0.269. The monoisotopic (exact) mass is 289 g/mol. The zero-order valence-electron chi connectivity index (χ0n) is 9.75. The van der Waals surface area contributed by atoms with Crippen LogP contribution < -0.4 is 5.32 Å². The second-order valence-corrected chi connectivity index (χ2v) is 5.95. The number of halogens is 1. The van der Waals surface area contributed by atoms with Gasteiger partial charge in [0.05, 0.1) is 12.0 Å². The van der Waals surface area contributed by atoms with Gasteiger partial charge in [0, 0.05) is 17.5 Å². The summed E-state index contributed by atoms with van der Waals surface area (Å²) in [6, 6.07) is 0.325. The van der Waals surface area contributed by atoms with Crippen molar-refractivity contribution >= 4 is 21.8 Å². The smallest absolute Gasteiger partial charge is 0.226 e. The van der Waals surface area contributed by atoms with Gasteiger partial charge in [-0.25, -0.2) is 0 Å². The minimum Gasteiger partial charge on any atom is -0.377 e. The molecule has 1 aliphatic heterocycles. The molecule has 2 fully saturated rings. The zero-order chi connectivity index (χ0) is 11.5. The third-order valence-electron chi connectivity index (χ3n) is 3.71. The summed E-state index contributed by atoms with van der Waals surface area (Å²) in [7, 11) is 0. The normalized spacial score (nSPS) is 38.9. The number of alkyl halides is 1. The van der Waals surface area contributed by atoms with Gasteiger partial charge in [-0.05, 0) is 25.7 Å². The fraction of sp³-hybridized carbons (Fsp3) is 0.917. The minimum atomic E-state index is 0.0744. The molecule has 1 amide bonds. The van der Waals surface area contributed by atoms with Crippen LogP contribution in [-0.4, -0.2) is 29.5 Å². The SMILES string of the molecule is CCC1OCCC1C(=O)NC1CCCC1Br. The maximum Gasteiger partial charge on any atom is 0.226 e. The van der Waals surface area contributed by atoms with Crippen LogP contribution in [0.4, 0.5) is 0 Å². The van der Waals surface area contributed by atoms with Crippen LogP contribution in [0, 0.1) is 5.92 Å². The third kappa shape index (κ3) is 2.59.